The van der Waals surface area contributed by atoms with Crippen molar-refractivity contribution in [3.8, 4) is 0 Å². The molecule has 3 rings (SSSR count). The summed E-state index contributed by atoms with van der Waals surface area (Å²) < 4.78 is 48.1. The first-order valence-corrected chi connectivity index (χ1v) is 16.5. The number of nitrogens with zero attached hydrogens (tertiary/aromatic N) is 2. The summed E-state index contributed by atoms with van der Waals surface area (Å²) in [6.45, 7) is -1.14. The first kappa shape index (κ1) is 33.0. The van der Waals surface area contributed by atoms with Crippen molar-refractivity contribution in [2.45, 2.75) is 53.6 Å². The van der Waals surface area contributed by atoms with E-state index in [0.717, 1.165) is 16.3 Å². The summed E-state index contributed by atoms with van der Waals surface area (Å²) in [7, 11) is -1.91. The molecule has 0 aromatic carbocycles. The van der Waals surface area contributed by atoms with E-state index in [9.17, 15) is 44.2 Å². The third kappa shape index (κ3) is 8.99. The van der Waals surface area contributed by atoms with Gasteiger partial charge in [0.15, 0.2) is 12.5 Å². The number of nitrogens with two attached hydrogens (primary N) is 1. The summed E-state index contributed by atoms with van der Waals surface area (Å²) >= 11 is 0.854. The first-order valence-electron chi connectivity index (χ1n) is 11.6. The summed E-state index contributed by atoms with van der Waals surface area (Å²) in [6, 6.07) is 1.31. The fourth-order valence-corrected chi connectivity index (χ4v) is 7.65. The molecule has 224 valence electrons. The second-order valence-electron chi connectivity index (χ2n) is 8.35. The number of alkyl halides is 1. The fraction of sp³-hybridized carbons (Fsp3) is 0.789. The van der Waals surface area contributed by atoms with Crippen LogP contribution in [0.25, 0.3) is 0 Å². The van der Waals surface area contributed by atoms with Crippen molar-refractivity contribution in [3.63, 3.8) is 0 Å². The Hall–Kier alpha value is -0.510. The van der Waals surface area contributed by atoms with Crippen molar-refractivity contribution in [2.75, 3.05) is 43.7 Å². The van der Waals surface area contributed by atoms with Gasteiger partial charge in [0.25, 0.3) is 0 Å². The molecule has 1 unspecified atom stereocenters. The Labute approximate surface area is 234 Å². The molecule has 0 bridgehead atoms. The molecule has 1 aromatic heterocycles. The Bertz CT molecular complexity index is 1030. The molecule has 2 fully saturated rings. The van der Waals surface area contributed by atoms with Gasteiger partial charge in [-0.05, 0) is 6.07 Å². The van der Waals surface area contributed by atoms with Crippen LogP contribution < -0.4 is 11.4 Å². The minimum atomic E-state index is -4.51. The molecule has 0 amide bonds. The number of halogens is 1. The molecule has 1 aromatic rings. The lowest BCUT2D eigenvalue weighted by molar-refractivity contribution is -0.299. The molecule has 2 aliphatic rings. The van der Waals surface area contributed by atoms with Gasteiger partial charge in [-0.15, -0.1) is 11.8 Å². The normalized spacial score (nSPS) is 34.7. The molecule has 0 aliphatic carbocycles. The van der Waals surface area contributed by atoms with Crippen LogP contribution in [-0.4, -0.2) is 126 Å². The number of aliphatic hydroxyl groups excluding tert-OH is 5. The highest BCUT2D eigenvalue weighted by Crippen LogP contribution is 2.48. The maximum atomic E-state index is 14.6. The number of hydrogen-bond donors (Lipinski definition) is 7. The fourth-order valence-electron chi connectivity index (χ4n) is 3.60. The average Bonchev–Trinajstić information content (AvgIpc) is 3.17. The van der Waals surface area contributed by atoms with E-state index >= 15 is 0 Å². The minimum Gasteiger partial charge on any atom is -0.394 e. The van der Waals surface area contributed by atoms with Gasteiger partial charge >= 0.3 is 13.5 Å². The second-order valence-corrected chi connectivity index (χ2v) is 13.9. The molecule has 2 saturated heterocycles. The number of rotatable bonds is 14. The highest BCUT2D eigenvalue weighted by molar-refractivity contribution is 8.76. The van der Waals surface area contributed by atoms with Crippen molar-refractivity contribution in [1.82, 2.24) is 9.55 Å². The molecule has 39 heavy (non-hydrogen) atoms. The second kappa shape index (κ2) is 15.1. The van der Waals surface area contributed by atoms with Crippen LogP contribution in [0.2, 0.25) is 0 Å². The number of ether oxygens (including phenoxy) is 2. The van der Waals surface area contributed by atoms with Crippen LogP contribution in [-0.2, 0) is 23.1 Å². The lowest BCUT2D eigenvalue weighted by Gasteiger charge is -2.39. The molecule has 0 radical (unpaired) electrons. The van der Waals surface area contributed by atoms with E-state index < -0.39 is 80.3 Å². The van der Waals surface area contributed by atoms with Crippen LogP contribution in [0.3, 0.4) is 0 Å². The van der Waals surface area contributed by atoms with Crippen LogP contribution in [0.4, 0.5) is 10.2 Å². The number of nitrogen functional groups attached to an aromatic ring is 1. The highest BCUT2D eigenvalue weighted by Gasteiger charge is 2.46. The van der Waals surface area contributed by atoms with Crippen LogP contribution in [0, 0.1) is 0 Å². The quantitative estimate of drug-likeness (QED) is 0.0694. The Morgan fingerprint density at radius 1 is 1.13 bits per heavy atom. The predicted molar refractivity (Wildman–Crippen MR) is 141 cm³/mol. The van der Waals surface area contributed by atoms with Gasteiger partial charge < -0.3 is 45.6 Å². The van der Waals surface area contributed by atoms with Crippen LogP contribution in [0.1, 0.15) is 5.37 Å². The summed E-state index contributed by atoms with van der Waals surface area (Å²) in [5.74, 6) is 0.648. The van der Waals surface area contributed by atoms with Gasteiger partial charge in [0.1, 0.15) is 41.7 Å². The van der Waals surface area contributed by atoms with Crippen LogP contribution in [0.15, 0.2) is 17.1 Å². The molecule has 15 nitrogen and oxygen atoms in total. The topological polar surface area (TPSA) is 236 Å². The SMILES string of the molecule is Nc1ccn([C@@H]2S[C@H](COP(=O)(O)OCCSSCCO[C@@H]3O[C@H](CO)[C@@H](O)[C@H](O)[C@H]3O)[C@@H](O)[C@@H]2F)c(=O)n1. The lowest BCUT2D eigenvalue weighted by atomic mass is 9.99. The molecule has 3 heterocycles. The molecular weight excluding hydrogens is 608 g/mol. The summed E-state index contributed by atoms with van der Waals surface area (Å²) in [5, 5.41) is 46.7. The zero-order valence-electron chi connectivity index (χ0n) is 20.2. The van der Waals surface area contributed by atoms with Gasteiger partial charge in [0.2, 0.25) is 0 Å². The van der Waals surface area contributed by atoms with E-state index in [1.54, 1.807) is 0 Å². The zero-order valence-corrected chi connectivity index (χ0v) is 23.6. The van der Waals surface area contributed by atoms with Gasteiger partial charge in [0, 0.05) is 17.7 Å². The molecule has 0 spiro atoms. The molecular formula is C19H31FN3O12PS3. The maximum absolute atomic E-state index is 14.6. The number of anilines is 1. The standard InChI is InChI=1S/C19H31FN3O12PS3/c20-12-14(26)10(39-17(12)23-2-1-11(21)22-19(23)29)8-34-36(30,31)33-4-6-38-37-5-3-32-18-16(28)15(27)13(25)9(7-24)35-18/h1-2,9-10,12-18,24-28H,3-8H2,(H,30,31)(H2,21,22,29)/t9-,10-,12+,13-,14-,15+,16-,17-,18-/m1/s1. The minimum absolute atomic E-state index is 0.0357. The van der Waals surface area contributed by atoms with Crippen molar-refractivity contribution in [2.24, 2.45) is 0 Å². The molecule has 2 aliphatic heterocycles. The number of phosphoric acid groups is 1. The number of aromatic nitrogens is 2. The van der Waals surface area contributed by atoms with Crippen molar-refractivity contribution >= 4 is 47.0 Å². The van der Waals surface area contributed by atoms with E-state index in [1.807, 2.05) is 0 Å². The third-order valence-corrected chi connectivity index (χ3v) is 10.5. The van der Waals surface area contributed by atoms with Crippen molar-refractivity contribution in [1.29, 1.82) is 0 Å². The highest BCUT2D eigenvalue weighted by atomic mass is 33.1. The molecule has 10 atom stereocenters. The predicted octanol–water partition coefficient (Wildman–Crippen LogP) is -1.53. The van der Waals surface area contributed by atoms with E-state index in [-0.39, 0.29) is 24.8 Å². The number of phosphoric ester groups is 1. The monoisotopic (exact) mass is 639 g/mol. The molecule has 8 N–H and O–H groups in total. The Morgan fingerprint density at radius 3 is 2.49 bits per heavy atom. The summed E-state index contributed by atoms with van der Waals surface area (Å²) in [6.07, 6.45) is -8.96. The van der Waals surface area contributed by atoms with E-state index in [0.29, 0.717) is 5.75 Å². The lowest BCUT2D eigenvalue weighted by Crippen LogP contribution is -2.59. The third-order valence-electron chi connectivity index (χ3n) is 5.62. The van der Waals surface area contributed by atoms with E-state index in [4.69, 9.17) is 24.3 Å². The van der Waals surface area contributed by atoms with Gasteiger partial charge in [-0.25, -0.2) is 13.8 Å². The van der Waals surface area contributed by atoms with Gasteiger partial charge in [0.05, 0.1) is 31.7 Å². The van der Waals surface area contributed by atoms with Crippen LogP contribution >= 0.6 is 41.2 Å². The van der Waals surface area contributed by atoms with Gasteiger partial charge in [-0.2, -0.15) is 4.98 Å². The van der Waals surface area contributed by atoms with E-state index in [1.165, 1.54) is 33.9 Å². The Morgan fingerprint density at radius 2 is 1.82 bits per heavy atom. The number of thioether (sulfide) groups is 1. The number of aliphatic hydroxyl groups is 5. The molecule has 20 heteroatoms. The summed E-state index contributed by atoms with van der Waals surface area (Å²) in [4.78, 5) is 25.4. The van der Waals surface area contributed by atoms with Crippen molar-refractivity contribution in [3.05, 3.63) is 22.7 Å². The zero-order chi connectivity index (χ0) is 28.7. The molecule has 0 saturated carbocycles. The van der Waals surface area contributed by atoms with Gasteiger partial charge in [-0.1, -0.05) is 21.6 Å². The average molecular weight is 640 g/mol. The van der Waals surface area contributed by atoms with E-state index in [2.05, 4.69) is 4.98 Å². The summed E-state index contributed by atoms with van der Waals surface area (Å²) in [5.41, 5.74) is 4.64. The number of hydrogen-bond acceptors (Lipinski definition) is 16. The maximum Gasteiger partial charge on any atom is 0.472 e. The van der Waals surface area contributed by atoms with Crippen LogP contribution in [0.5, 0.6) is 0 Å². The largest absolute Gasteiger partial charge is 0.472 e. The van der Waals surface area contributed by atoms with Gasteiger partial charge in [-0.3, -0.25) is 13.6 Å². The van der Waals surface area contributed by atoms with Crippen molar-refractivity contribution < 1.29 is 57.9 Å². The first-order chi connectivity index (χ1) is 18.4. The smallest absolute Gasteiger partial charge is 0.394 e. The Kier molecular flexibility index (Phi) is 12.8. The Balaban J connectivity index is 1.30.